The Kier molecular flexibility index (Phi) is 8.45. The highest BCUT2D eigenvalue weighted by Crippen LogP contribution is 2.41. The zero-order valence-corrected chi connectivity index (χ0v) is 26.8. The first-order chi connectivity index (χ1) is 21.1. The van der Waals surface area contributed by atoms with Crippen LogP contribution in [-0.4, -0.2) is 38.3 Å². The van der Waals surface area contributed by atoms with Crippen molar-refractivity contribution in [3.63, 3.8) is 0 Å². The summed E-state index contributed by atoms with van der Waals surface area (Å²) in [5, 5.41) is 14.9. The van der Waals surface area contributed by atoms with E-state index in [0.717, 1.165) is 16.0 Å². The summed E-state index contributed by atoms with van der Waals surface area (Å²) in [6.45, 7) is 3.95. The molecule has 44 heavy (non-hydrogen) atoms. The maximum atomic E-state index is 13.9. The van der Waals surface area contributed by atoms with Gasteiger partial charge >= 0.3 is 0 Å². The van der Waals surface area contributed by atoms with E-state index in [-0.39, 0.29) is 27.5 Å². The molecule has 2 amide bonds. The fourth-order valence-electron chi connectivity index (χ4n) is 4.52. The number of nitrogens with zero attached hydrogens (tertiary/aromatic N) is 4. The van der Waals surface area contributed by atoms with E-state index in [2.05, 4.69) is 26.2 Å². The Hall–Kier alpha value is -3.80. The van der Waals surface area contributed by atoms with E-state index in [1.54, 1.807) is 36.4 Å². The van der Waals surface area contributed by atoms with Crippen LogP contribution in [0.15, 0.2) is 76.6 Å². The summed E-state index contributed by atoms with van der Waals surface area (Å²) in [4.78, 5) is 32.6. The van der Waals surface area contributed by atoms with Crippen LogP contribution in [0.25, 0.3) is 11.0 Å². The second-order valence-electron chi connectivity index (χ2n) is 9.91. The lowest BCUT2D eigenvalue weighted by Gasteiger charge is -2.19. The molecule has 4 aromatic carbocycles. The lowest BCUT2D eigenvalue weighted by molar-refractivity contribution is -0.116. The molecule has 3 N–H and O–H groups in total. The fourth-order valence-corrected chi connectivity index (χ4v) is 6.85. The first-order valence-electron chi connectivity index (χ1n) is 13.1. The van der Waals surface area contributed by atoms with Crippen molar-refractivity contribution in [3.8, 4) is 0 Å². The number of benzene rings is 4. The maximum absolute atomic E-state index is 13.9. The number of carbonyl (C=O) groups excluding carboxylic acids is 2. The van der Waals surface area contributed by atoms with Gasteiger partial charge in [0.15, 0.2) is 0 Å². The first kappa shape index (κ1) is 30.2. The third-order valence-electron chi connectivity index (χ3n) is 6.74. The number of fused-ring (bicyclic) bond motifs is 1. The second kappa shape index (κ2) is 12.3. The van der Waals surface area contributed by atoms with E-state index in [1.165, 1.54) is 28.9 Å². The lowest BCUT2D eigenvalue weighted by atomic mass is 10.2. The number of aryl methyl sites for hydroxylation is 2. The van der Waals surface area contributed by atoms with Crippen molar-refractivity contribution in [1.29, 1.82) is 0 Å². The van der Waals surface area contributed by atoms with Crippen LogP contribution in [0.2, 0.25) is 20.1 Å². The summed E-state index contributed by atoms with van der Waals surface area (Å²) in [5.41, 5.74) is 7.75. The molecule has 1 atom stereocenters. The minimum Gasteiger partial charge on any atom is -0.322 e. The molecule has 6 rings (SSSR count). The van der Waals surface area contributed by atoms with Gasteiger partial charge in [0, 0.05) is 21.2 Å². The number of thioether (sulfide) groups is 1. The first-order valence-corrected chi connectivity index (χ1v) is 15.5. The van der Waals surface area contributed by atoms with Gasteiger partial charge in [-0.3, -0.25) is 15.0 Å². The average molecular weight is 685 g/mol. The Balaban J connectivity index is 1.36. The van der Waals surface area contributed by atoms with Gasteiger partial charge in [0.25, 0.3) is 11.8 Å². The molecule has 0 saturated carbocycles. The normalized spacial score (nSPS) is 15.7. The van der Waals surface area contributed by atoms with Crippen LogP contribution in [0.3, 0.4) is 0 Å². The molecule has 0 aliphatic carbocycles. The zero-order chi connectivity index (χ0) is 31.1. The van der Waals surface area contributed by atoms with E-state index in [4.69, 9.17) is 51.4 Å². The molecule has 9 nitrogen and oxygen atoms in total. The van der Waals surface area contributed by atoms with Crippen molar-refractivity contribution in [3.05, 3.63) is 104 Å². The number of aliphatic imine (C=N–C) groups is 1. The van der Waals surface area contributed by atoms with E-state index < -0.39 is 5.25 Å². The molecule has 5 aromatic rings. The molecular weight excluding hydrogens is 664 g/mol. The topological polar surface area (TPSA) is 115 Å². The van der Waals surface area contributed by atoms with Gasteiger partial charge in [-0.2, -0.15) is 15.4 Å². The lowest BCUT2D eigenvalue weighted by Crippen LogP contribution is -2.36. The molecule has 1 aliphatic heterocycles. The molecule has 1 saturated heterocycles. The fraction of sp³-hybridized carbons (Fsp3) is 0.100. The molecule has 0 spiro atoms. The van der Waals surface area contributed by atoms with Gasteiger partial charge < -0.3 is 5.32 Å². The molecule has 1 aromatic heterocycles. The summed E-state index contributed by atoms with van der Waals surface area (Å²) < 4.78 is 0. The quantitative estimate of drug-likeness (QED) is 0.166. The van der Waals surface area contributed by atoms with Crippen LogP contribution in [0.5, 0.6) is 0 Å². The van der Waals surface area contributed by atoms with Gasteiger partial charge in [0.2, 0.25) is 0 Å². The van der Waals surface area contributed by atoms with Gasteiger partial charge in [-0.05, 0) is 74.0 Å². The summed E-state index contributed by atoms with van der Waals surface area (Å²) in [7, 11) is 0. The third-order valence-corrected chi connectivity index (χ3v) is 9.20. The van der Waals surface area contributed by atoms with Crippen LogP contribution in [0, 0.1) is 13.8 Å². The number of nitrogens with one attached hydrogen (secondary N) is 3. The number of amidine groups is 1. The smallest absolute Gasteiger partial charge is 0.267 e. The SMILES string of the molecule is Cc1ccc(C)c(SC2C(=O)N(c3c(Cl)cc(Cl)cc3Cl)NC2=Nc2cc(NC(=O)c3ccc4n[nH]nc4c3)ccc2Cl)c1. The van der Waals surface area contributed by atoms with E-state index >= 15 is 0 Å². The van der Waals surface area contributed by atoms with Gasteiger partial charge in [-0.1, -0.05) is 64.1 Å². The Morgan fingerprint density at radius 1 is 0.909 bits per heavy atom. The van der Waals surface area contributed by atoms with Crippen LogP contribution >= 0.6 is 58.2 Å². The summed E-state index contributed by atoms with van der Waals surface area (Å²) in [6.07, 6.45) is 0. The Morgan fingerprint density at radius 3 is 2.43 bits per heavy atom. The summed E-state index contributed by atoms with van der Waals surface area (Å²) in [6, 6.07) is 18.9. The Bertz CT molecular complexity index is 1970. The standard InChI is InChI=1S/C30H21Cl4N7O2S/c1-14-3-4-15(2)25(9-14)44-27-28(39-41(30(27)43)26-20(33)11-17(31)12-21(26)34)36-23-13-18(6-7-19(23)32)35-29(42)16-5-8-22-24(10-16)38-40-37-22/h3-13,27H,1-2H3,(H,35,42)(H,36,39)(H,37,38,40). The number of halogens is 4. The van der Waals surface area contributed by atoms with Crippen LogP contribution in [0.4, 0.5) is 17.1 Å². The number of anilines is 2. The minimum absolute atomic E-state index is 0.187. The van der Waals surface area contributed by atoms with Crippen LogP contribution < -0.4 is 15.8 Å². The van der Waals surface area contributed by atoms with Crippen molar-refractivity contribution >= 4 is 104 Å². The molecule has 1 unspecified atom stereocenters. The van der Waals surface area contributed by atoms with Gasteiger partial charge in [-0.25, -0.2) is 10.0 Å². The van der Waals surface area contributed by atoms with Crippen molar-refractivity contribution < 1.29 is 9.59 Å². The van der Waals surface area contributed by atoms with Crippen molar-refractivity contribution in [2.75, 3.05) is 10.3 Å². The van der Waals surface area contributed by atoms with E-state index in [9.17, 15) is 9.59 Å². The molecule has 0 bridgehead atoms. The number of hydrogen-bond acceptors (Lipinski definition) is 6. The number of H-pyrrole nitrogens is 1. The van der Waals surface area contributed by atoms with Crippen LogP contribution in [-0.2, 0) is 4.79 Å². The number of rotatable bonds is 6. The number of carbonyl (C=O) groups is 2. The molecule has 1 aliphatic rings. The van der Waals surface area contributed by atoms with Gasteiger partial charge in [0.05, 0.1) is 20.8 Å². The molecule has 14 heteroatoms. The van der Waals surface area contributed by atoms with Crippen molar-refractivity contribution in [2.24, 2.45) is 4.99 Å². The number of hydrazine groups is 1. The molecule has 0 radical (unpaired) electrons. The van der Waals surface area contributed by atoms with Gasteiger partial charge in [0.1, 0.15) is 27.8 Å². The second-order valence-corrected chi connectivity index (χ2v) is 12.7. The highest BCUT2D eigenvalue weighted by atomic mass is 35.5. The zero-order valence-electron chi connectivity index (χ0n) is 23.0. The molecule has 222 valence electrons. The predicted octanol–water partition coefficient (Wildman–Crippen LogP) is 8.18. The number of hydrogen-bond donors (Lipinski definition) is 3. The number of aromatic nitrogens is 3. The predicted molar refractivity (Wildman–Crippen MR) is 178 cm³/mol. The van der Waals surface area contributed by atoms with Crippen molar-refractivity contribution in [1.82, 2.24) is 20.8 Å². The summed E-state index contributed by atoms with van der Waals surface area (Å²) in [5.74, 6) is -0.402. The highest BCUT2D eigenvalue weighted by Gasteiger charge is 2.41. The largest absolute Gasteiger partial charge is 0.322 e. The van der Waals surface area contributed by atoms with Crippen LogP contribution in [0.1, 0.15) is 21.5 Å². The monoisotopic (exact) mass is 683 g/mol. The average Bonchev–Trinajstić information content (AvgIpc) is 3.56. The Morgan fingerprint density at radius 2 is 1.66 bits per heavy atom. The Labute approximate surface area is 275 Å². The van der Waals surface area contributed by atoms with Crippen molar-refractivity contribution in [2.45, 2.75) is 24.0 Å². The molecular formula is C30H21Cl4N7O2S. The minimum atomic E-state index is -0.804. The maximum Gasteiger partial charge on any atom is 0.267 e. The van der Waals surface area contributed by atoms with E-state index in [0.29, 0.717) is 43.9 Å². The number of amides is 2. The van der Waals surface area contributed by atoms with E-state index in [1.807, 2.05) is 32.0 Å². The molecule has 1 fully saturated rings. The molecule has 2 heterocycles. The highest BCUT2D eigenvalue weighted by molar-refractivity contribution is 8.01. The summed E-state index contributed by atoms with van der Waals surface area (Å²) >= 11 is 27.0. The third kappa shape index (κ3) is 6.09. The number of aromatic amines is 1. The van der Waals surface area contributed by atoms with Gasteiger partial charge in [-0.15, -0.1) is 11.8 Å².